The lowest BCUT2D eigenvalue weighted by Crippen LogP contribution is -2.24. The Balaban J connectivity index is 1.59. The van der Waals surface area contributed by atoms with Gasteiger partial charge in [0, 0.05) is 19.9 Å². The first kappa shape index (κ1) is 19.9. The Morgan fingerprint density at radius 3 is 2.80 bits per heavy atom. The van der Waals surface area contributed by atoms with Gasteiger partial charge >= 0.3 is 0 Å². The van der Waals surface area contributed by atoms with E-state index in [0.717, 1.165) is 16.1 Å². The number of thiophene rings is 1. The van der Waals surface area contributed by atoms with Crippen molar-refractivity contribution >= 4 is 17.2 Å². The van der Waals surface area contributed by atoms with E-state index in [1.54, 1.807) is 36.8 Å². The van der Waals surface area contributed by atoms with Crippen LogP contribution in [0.25, 0.3) is 16.5 Å². The summed E-state index contributed by atoms with van der Waals surface area (Å²) in [7, 11) is 1.54. The highest BCUT2D eigenvalue weighted by Crippen LogP contribution is 2.23. The van der Waals surface area contributed by atoms with Crippen LogP contribution in [0.5, 0.6) is 0 Å². The van der Waals surface area contributed by atoms with Crippen LogP contribution in [0.1, 0.15) is 21.6 Å². The minimum atomic E-state index is -0.321. The second-order valence-electron chi connectivity index (χ2n) is 6.38. The first-order valence-electron chi connectivity index (χ1n) is 9.11. The van der Waals surface area contributed by atoms with E-state index >= 15 is 0 Å². The first-order valence-corrected chi connectivity index (χ1v) is 9.99. The number of nitrogens with zero attached hydrogens (tertiary/aromatic N) is 4. The van der Waals surface area contributed by atoms with Gasteiger partial charge in [-0.3, -0.25) is 4.79 Å². The van der Waals surface area contributed by atoms with E-state index < -0.39 is 0 Å². The third-order valence-corrected chi connectivity index (χ3v) is 5.26. The zero-order chi connectivity index (χ0) is 20.9. The molecule has 0 fully saturated rings. The number of aromatic nitrogens is 4. The van der Waals surface area contributed by atoms with E-state index in [-0.39, 0.29) is 24.9 Å². The number of halogens is 1. The summed E-state index contributed by atoms with van der Waals surface area (Å²) < 4.78 is 19.8. The summed E-state index contributed by atoms with van der Waals surface area (Å²) in [5, 5.41) is 9.12. The van der Waals surface area contributed by atoms with E-state index in [1.165, 1.54) is 23.0 Å². The molecule has 4 rings (SSSR count). The molecule has 152 valence electrons. The molecule has 0 bridgehead atoms. The summed E-state index contributed by atoms with van der Waals surface area (Å²) in [5.74, 6) is -0.281. The Kier molecular flexibility index (Phi) is 5.92. The number of amides is 1. The maximum atomic E-state index is 13.0. The van der Waals surface area contributed by atoms with Crippen molar-refractivity contribution in [1.82, 2.24) is 25.1 Å². The summed E-state index contributed by atoms with van der Waals surface area (Å²) in [6.07, 6.45) is 3.12. The number of hydrogen-bond donors (Lipinski definition) is 1. The number of methoxy groups -OCH3 is 1. The zero-order valence-electron chi connectivity index (χ0n) is 16.1. The molecule has 0 aliphatic rings. The van der Waals surface area contributed by atoms with Gasteiger partial charge in [0.25, 0.3) is 11.9 Å². The fraction of sp³-hybridized carbons (Fsp3) is 0.143. The number of rotatable bonds is 7. The van der Waals surface area contributed by atoms with Crippen molar-refractivity contribution in [3.8, 4) is 16.5 Å². The lowest BCUT2D eigenvalue weighted by molar-refractivity contribution is 0.0945. The molecular formula is C21H18FN5O2S. The molecule has 9 heteroatoms. The lowest BCUT2D eigenvalue weighted by Gasteiger charge is -2.09. The summed E-state index contributed by atoms with van der Waals surface area (Å²) >= 11 is 1.58. The van der Waals surface area contributed by atoms with E-state index in [4.69, 9.17) is 4.74 Å². The monoisotopic (exact) mass is 423 g/mol. The molecule has 3 heterocycles. The van der Waals surface area contributed by atoms with Gasteiger partial charge in [0.05, 0.1) is 34.6 Å². The average Bonchev–Trinajstić information content (AvgIpc) is 3.44. The highest BCUT2D eigenvalue weighted by molar-refractivity contribution is 7.13. The van der Waals surface area contributed by atoms with Crippen molar-refractivity contribution < 1.29 is 13.9 Å². The van der Waals surface area contributed by atoms with Crippen molar-refractivity contribution in [3.63, 3.8) is 0 Å². The zero-order valence-corrected chi connectivity index (χ0v) is 16.9. The topological polar surface area (TPSA) is 81.9 Å². The predicted molar refractivity (Wildman–Crippen MR) is 111 cm³/mol. The smallest absolute Gasteiger partial charge is 0.255 e. The second-order valence-corrected chi connectivity index (χ2v) is 7.33. The van der Waals surface area contributed by atoms with Gasteiger partial charge in [-0.25, -0.2) is 14.4 Å². The van der Waals surface area contributed by atoms with Gasteiger partial charge < -0.3 is 10.1 Å². The molecule has 1 N–H and O–H groups in total. The standard InChI is InChI=1S/C21H18FN5O2S/c1-29-13-18-16(20(28)24-11-14-4-6-15(22)7-5-14)12-25-27(18)21-23-9-8-17(26-21)19-3-2-10-30-19/h2-10,12H,11,13H2,1H3,(H,24,28). The minimum Gasteiger partial charge on any atom is -0.378 e. The molecule has 7 nitrogen and oxygen atoms in total. The van der Waals surface area contributed by atoms with E-state index in [2.05, 4.69) is 20.4 Å². The van der Waals surface area contributed by atoms with Crippen molar-refractivity contribution in [2.45, 2.75) is 13.2 Å². The van der Waals surface area contributed by atoms with Gasteiger partial charge in [0.1, 0.15) is 5.82 Å². The summed E-state index contributed by atoms with van der Waals surface area (Å²) in [5.41, 5.74) is 2.47. The normalized spacial score (nSPS) is 10.9. The Labute approximate surface area is 176 Å². The Morgan fingerprint density at radius 2 is 2.07 bits per heavy atom. The van der Waals surface area contributed by atoms with Crippen molar-refractivity contribution in [1.29, 1.82) is 0 Å². The van der Waals surface area contributed by atoms with Crippen LogP contribution in [0, 0.1) is 5.82 Å². The number of benzene rings is 1. The third-order valence-electron chi connectivity index (χ3n) is 4.37. The molecular weight excluding hydrogens is 405 g/mol. The second kappa shape index (κ2) is 8.93. The Hall–Kier alpha value is -3.43. The van der Waals surface area contributed by atoms with Crippen LogP contribution >= 0.6 is 11.3 Å². The van der Waals surface area contributed by atoms with Crippen LogP contribution in [0.2, 0.25) is 0 Å². The van der Waals surface area contributed by atoms with Crippen molar-refractivity contribution in [2.75, 3.05) is 7.11 Å². The van der Waals surface area contributed by atoms with Crippen LogP contribution < -0.4 is 5.32 Å². The molecule has 0 unspecified atom stereocenters. The molecule has 0 radical (unpaired) electrons. The van der Waals surface area contributed by atoms with Crippen LogP contribution in [-0.2, 0) is 17.9 Å². The third kappa shape index (κ3) is 4.27. The summed E-state index contributed by atoms with van der Waals surface area (Å²) in [4.78, 5) is 22.6. The first-order chi connectivity index (χ1) is 14.7. The van der Waals surface area contributed by atoms with Crippen LogP contribution in [0.3, 0.4) is 0 Å². The van der Waals surface area contributed by atoms with Crippen molar-refractivity contribution in [3.05, 3.63) is 82.9 Å². The molecule has 0 aliphatic heterocycles. The fourth-order valence-electron chi connectivity index (χ4n) is 2.90. The molecule has 0 spiro atoms. The molecule has 1 amide bonds. The number of carbonyl (C=O) groups excluding carboxylic acids is 1. The number of carbonyl (C=O) groups is 1. The van der Waals surface area contributed by atoms with Crippen LogP contribution in [0.15, 0.2) is 60.2 Å². The Bertz CT molecular complexity index is 1140. The number of hydrogen-bond acceptors (Lipinski definition) is 6. The van der Waals surface area contributed by atoms with Gasteiger partial charge in [0.15, 0.2) is 0 Å². The Morgan fingerprint density at radius 1 is 1.23 bits per heavy atom. The van der Waals surface area contributed by atoms with E-state index in [1.807, 2.05) is 23.6 Å². The SMILES string of the molecule is COCc1c(C(=O)NCc2ccc(F)cc2)cnn1-c1nccc(-c2cccs2)n1. The molecule has 30 heavy (non-hydrogen) atoms. The van der Waals surface area contributed by atoms with Gasteiger partial charge in [-0.1, -0.05) is 18.2 Å². The maximum absolute atomic E-state index is 13.0. The van der Waals surface area contributed by atoms with E-state index in [9.17, 15) is 9.18 Å². The predicted octanol–water partition coefficient (Wildman–Crippen LogP) is 3.61. The largest absolute Gasteiger partial charge is 0.378 e. The number of ether oxygens (including phenoxy) is 1. The maximum Gasteiger partial charge on any atom is 0.255 e. The highest BCUT2D eigenvalue weighted by Gasteiger charge is 2.20. The lowest BCUT2D eigenvalue weighted by atomic mass is 10.2. The van der Waals surface area contributed by atoms with Gasteiger partial charge in [-0.05, 0) is 35.2 Å². The fourth-order valence-corrected chi connectivity index (χ4v) is 3.60. The quantitative estimate of drug-likeness (QED) is 0.491. The molecule has 0 atom stereocenters. The van der Waals surface area contributed by atoms with Gasteiger partial charge in [-0.15, -0.1) is 11.3 Å². The molecule has 0 saturated carbocycles. The average molecular weight is 423 g/mol. The summed E-state index contributed by atoms with van der Waals surface area (Å²) in [6, 6.07) is 11.7. The van der Waals surface area contributed by atoms with Crippen LogP contribution in [0.4, 0.5) is 4.39 Å². The summed E-state index contributed by atoms with van der Waals surface area (Å²) in [6.45, 7) is 0.424. The van der Waals surface area contributed by atoms with Gasteiger partial charge in [0.2, 0.25) is 0 Å². The molecule has 0 saturated heterocycles. The molecule has 3 aromatic heterocycles. The van der Waals surface area contributed by atoms with Crippen molar-refractivity contribution in [2.24, 2.45) is 0 Å². The molecule has 4 aromatic rings. The van der Waals surface area contributed by atoms with E-state index in [0.29, 0.717) is 17.2 Å². The number of nitrogens with one attached hydrogen (secondary N) is 1. The molecule has 0 aliphatic carbocycles. The highest BCUT2D eigenvalue weighted by atomic mass is 32.1. The van der Waals surface area contributed by atoms with Crippen LogP contribution in [-0.4, -0.2) is 32.8 Å². The van der Waals surface area contributed by atoms with Gasteiger partial charge in [-0.2, -0.15) is 9.78 Å². The minimum absolute atomic E-state index is 0.159. The molecule has 1 aromatic carbocycles.